The lowest BCUT2D eigenvalue weighted by molar-refractivity contribution is -0.194. The second kappa shape index (κ2) is 9.24. The summed E-state index contributed by atoms with van der Waals surface area (Å²) in [6, 6.07) is 12.4. The molecule has 0 saturated heterocycles. The van der Waals surface area contributed by atoms with Crippen LogP contribution in [-0.4, -0.2) is 27.8 Å². The fourth-order valence-corrected chi connectivity index (χ4v) is 5.29. The molecule has 35 heavy (non-hydrogen) atoms. The SMILES string of the molecule is CC(C1C=CC(N2Cc3ccc(-c4ccc(Cl)c(C5CC5)c4)cc3C2=O)=CC1)C(O)OC(C)(C)C. The first kappa shape index (κ1) is 24.3. The van der Waals surface area contributed by atoms with Crippen molar-refractivity contribution in [3.8, 4) is 11.1 Å². The largest absolute Gasteiger partial charge is 0.368 e. The summed E-state index contributed by atoms with van der Waals surface area (Å²) < 4.78 is 5.75. The Balaban J connectivity index is 1.29. The van der Waals surface area contributed by atoms with E-state index in [4.69, 9.17) is 16.3 Å². The number of carbonyl (C=O) groups is 1. The highest BCUT2D eigenvalue weighted by Gasteiger charge is 2.32. The fourth-order valence-electron chi connectivity index (χ4n) is 5.02. The number of aliphatic hydroxyl groups is 1. The molecule has 4 nitrogen and oxygen atoms in total. The molecule has 1 aliphatic heterocycles. The zero-order chi connectivity index (χ0) is 24.9. The summed E-state index contributed by atoms with van der Waals surface area (Å²) in [6.45, 7) is 8.42. The highest BCUT2D eigenvalue weighted by molar-refractivity contribution is 6.31. The summed E-state index contributed by atoms with van der Waals surface area (Å²) in [5, 5.41) is 11.3. The summed E-state index contributed by atoms with van der Waals surface area (Å²) in [7, 11) is 0. The molecule has 1 amide bonds. The molecular formula is C30H34ClNO3. The van der Waals surface area contributed by atoms with Crippen molar-refractivity contribution >= 4 is 17.5 Å². The molecular weight excluding hydrogens is 458 g/mol. The van der Waals surface area contributed by atoms with Gasteiger partial charge >= 0.3 is 0 Å². The number of fused-ring (bicyclic) bond motifs is 1. The van der Waals surface area contributed by atoms with E-state index in [1.54, 1.807) is 0 Å². The van der Waals surface area contributed by atoms with E-state index in [1.165, 1.54) is 18.4 Å². The van der Waals surface area contributed by atoms with Gasteiger partial charge in [0.1, 0.15) is 0 Å². The summed E-state index contributed by atoms with van der Waals surface area (Å²) in [4.78, 5) is 15.2. The average molecular weight is 492 g/mol. The highest BCUT2D eigenvalue weighted by Crippen LogP contribution is 2.44. The molecule has 0 aromatic heterocycles. The van der Waals surface area contributed by atoms with Crippen LogP contribution >= 0.6 is 11.6 Å². The lowest BCUT2D eigenvalue weighted by atomic mass is 9.86. The molecule has 184 valence electrons. The molecule has 5 rings (SSSR count). The number of hydrogen-bond donors (Lipinski definition) is 1. The van der Waals surface area contributed by atoms with Crippen molar-refractivity contribution in [3.63, 3.8) is 0 Å². The molecule has 2 aromatic carbocycles. The number of benzene rings is 2. The van der Waals surface area contributed by atoms with E-state index in [0.29, 0.717) is 12.5 Å². The van der Waals surface area contributed by atoms with Gasteiger partial charge in [-0.15, -0.1) is 0 Å². The van der Waals surface area contributed by atoms with Crippen molar-refractivity contribution in [3.05, 3.63) is 82.0 Å². The van der Waals surface area contributed by atoms with Crippen molar-refractivity contribution in [2.75, 3.05) is 0 Å². The topological polar surface area (TPSA) is 49.8 Å². The van der Waals surface area contributed by atoms with Gasteiger partial charge in [-0.1, -0.05) is 48.9 Å². The van der Waals surface area contributed by atoms with Crippen LogP contribution in [0.2, 0.25) is 5.02 Å². The lowest BCUT2D eigenvalue weighted by Crippen LogP contribution is -2.35. The van der Waals surface area contributed by atoms with Crippen molar-refractivity contribution in [2.24, 2.45) is 11.8 Å². The molecule has 1 fully saturated rings. The van der Waals surface area contributed by atoms with Crippen LogP contribution in [0.5, 0.6) is 0 Å². The molecule has 0 bridgehead atoms. The molecule has 3 aliphatic rings. The van der Waals surface area contributed by atoms with Gasteiger partial charge in [-0.05, 0) is 98.4 Å². The average Bonchev–Trinajstić information content (AvgIpc) is 3.61. The van der Waals surface area contributed by atoms with Crippen molar-refractivity contribution in [1.29, 1.82) is 0 Å². The maximum absolute atomic E-state index is 13.4. The second-order valence-electron chi connectivity index (χ2n) is 11.1. The molecule has 3 unspecified atom stereocenters. The Morgan fingerprint density at radius 3 is 2.49 bits per heavy atom. The summed E-state index contributed by atoms with van der Waals surface area (Å²) in [5.41, 5.74) is 5.72. The van der Waals surface area contributed by atoms with E-state index in [1.807, 2.05) is 56.9 Å². The van der Waals surface area contributed by atoms with Crippen LogP contribution in [0, 0.1) is 11.8 Å². The minimum absolute atomic E-state index is 0.0386. The van der Waals surface area contributed by atoms with Gasteiger partial charge in [0.2, 0.25) is 0 Å². The number of carbonyl (C=O) groups excluding carboxylic acids is 1. The van der Waals surface area contributed by atoms with Crippen LogP contribution in [0.1, 0.15) is 74.4 Å². The van der Waals surface area contributed by atoms with Crippen LogP contribution in [0.3, 0.4) is 0 Å². The Kier molecular flexibility index (Phi) is 6.41. The standard InChI is InChI=1S/C30H34ClNO3/c1-18(29(34)35-30(2,3)4)19-9-12-24(13-10-19)32-17-23-8-7-21(16-26(23)28(32)33)22-11-14-27(31)25(15-22)20-5-6-20/h7-9,11-16,18-20,29,34H,5-6,10,17H2,1-4H3. The van der Waals surface area contributed by atoms with Crippen LogP contribution in [0.4, 0.5) is 0 Å². The number of aliphatic hydroxyl groups excluding tert-OH is 1. The predicted molar refractivity (Wildman–Crippen MR) is 140 cm³/mol. The molecule has 1 heterocycles. The molecule has 3 atom stereocenters. The van der Waals surface area contributed by atoms with E-state index in [9.17, 15) is 9.90 Å². The Hall–Kier alpha value is -2.40. The van der Waals surface area contributed by atoms with Crippen LogP contribution in [0.15, 0.2) is 60.3 Å². The minimum Gasteiger partial charge on any atom is -0.368 e. The van der Waals surface area contributed by atoms with E-state index in [-0.39, 0.29) is 17.7 Å². The lowest BCUT2D eigenvalue weighted by Gasteiger charge is -2.32. The minimum atomic E-state index is -0.830. The molecule has 0 spiro atoms. The number of amides is 1. The molecule has 2 aliphatic carbocycles. The zero-order valence-corrected chi connectivity index (χ0v) is 21.7. The van der Waals surface area contributed by atoms with Crippen molar-refractivity contribution < 1.29 is 14.6 Å². The van der Waals surface area contributed by atoms with Crippen molar-refractivity contribution in [1.82, 2.24) is 4.90 Å². The Morgan fingerprint density at radius 2 is 1.83 bits per heavy atom. The third-order valence-electron chi connectivity index (χ3n) is 7.28. The summed E-state index contributed by atoms with van der Waals surface area (Å²) in [6.07, 6.45) is 8.56. The van der Waals surface area contributed by atoms with Crippen LogP contribution < -0.4 is 0 Å². The molecule has 5 heteroatoms. The van der Waals surface area contributed by atoms with Gasteiger partial charge in [-0.25, -0.2) is 0 Å². The number of hydrogen-bond acceptors (Lipinski definition) is 3. The van der Waals surface area contributed by atoms with E-state index < -0.39 is 11.9 Å². The predicted octanol–water partition coefficient (Wildman–Crippen LogP) is 7.07. The Labute approximate surface area is 213 Å². The van der Waals surface area contributed by atoms with Gasteiger partial charge in [0, 0.05) is 22.2 Å². The first-order valence-corrected chi connectivity index (χ1v) is 13.0. The van der Waals surface area contributed by atoms with Gasteiger partial charge < -0.3 is 14.7 Å². The second-order valence-corrected chi connectivity index (χ2v) is 11.5. The third kappa shape index (κ3) is 5.11. The highest BCUT2D eigenvalue weighted by atomic mass is 35.5. The van der Waals surface area contributed by atoms with E-state index >= 15 is 0 Å². The molecule has 0 radical (unpaired) electrons. The normalized spacial score (nSPS) is 21.7. The quantitative estimate of drug-likeness (QED) is 0.439. The number of ether oxygens (including phenoxy) is 1. The monoisotopic (exact) mass is 491 g/mol. The maximum Gasteiger partial charge on any atom is 0.258 e. The van der Waals surface area contributed by atoms with Crippen LogP contribution in [0.25, 0.3) is 11.1 Å². The first-order chi connectivity index (χ1) is 16.6. The smallest absolute Gasteiger partial charge is 0.258 e. The number of rotatable bonds is 6. The molecule has 1 saturated carbocycles. The number of nitrogens with zero attached hydrogens (tertiary/aromatic N) is 1. The molecule has 2 aromatic rings. The Bertz CT molecular complexity index is 1200. The Morgan fingerprint density at radius 1 is 1.11 bits per heavy atom. The van der Waals surface area contributed by atoms with Gasteiger partial charge in [0.25, 0.3) is 5.91 Å². The number of allylic oxidation sites excluding steroid dienone is 3. The summed E-state index contributed by atoms with van der Waals surface area (Å²) >= 11 is 6.42. The number of halogens is 1. The fraction of sp³-hybridized carbons (Fsp3) is 0.433. The van der Waals surface area contributed by atoms with E-state index in [2.05, 4.69) is 30.4 Å². The van der Waals surface area contributed by atoms with Gasteiger partial charge in [-0.2, -0.15) is 0 Å². The van der Waals surface area contributed by atoms with Gasteiger partial charge in [0.15, 0.2) is 6.29 Å². The first-order valence-electron chi connectivity index (χ1n) is 12.6. The van der Waals surface area contributed by atoms with Gasteiger partial charge in [-0.3, -0.25) is 4.79 Å². The summed E-state index contributed by atoms with van der Waals surface area (Å²) in [5.74, 6) is 0.731. The van der Waals surface area contributed by atoms with Gasteiger partial charge in [0.05, 0.1) is 12.1 Å². The van der Waals surface area contributed by atoms with Crippen molar-refractivity contribution in [2.45, 2.75) is 71.3 Å². The molecule has 1 N–H and O–H groups in total. The third-order valence-corrected chi connectivity index (χ3v) is 7.63. The van der Waals surface area contributed by atoms with Crippen LogP contribution in [-0.2, 0) is 11.3 Å². The zero-order valence-electron chi connectivity index (χ0n) is 20.9. The maximum atomic E-state index is 13.4. The van der Waals surface area contributed by atoms with E-state index in [0.717, 1.165) is 39.4 Å².